The van der Waals surface area contributed by atoms with Gasteiger partial charge in [-0.2, -0.15) is 0 Å². The molecule has 0 aliphatic heterocycles. The van der Waals surface area contributed by atoms with E-state index in [1.807, 2.05) is 0 Å². The molecule has 5 heavy (non-hydrogen) atoms. The SMILES string of the molecule is [3H]C(=[N-])C[O-].[Mt]. The van der Waals surface area contributed by atoms with E-state index in [0.717, 1.165) is 0 Å². The molecule has 0 aliphatic rings. The molecule has 0 bridgehead atoms. The van der Waals surface area contributed by atoms with Crippen molar-refractivity contribution < 1.29 is 6.48 Å². The van der Waals surface area contributed by atoms with Crippen molar-refractivity contribution in [1.82, 2.24) is 0 Å². The van der Waals surface area contributed by atoms with Gasteiger partial charge < -0.3 is 10.5 Å². The summed E-state index contributed by atoms with van der Waals surface area (Å²) in [4.78, 5) is 0. The zero-order chi connectivity index (χ0) is 4.28. The minimum Gasteiger partial charge on any atom is -0.853 e. The Labute approximate surface area is 26.0 Å². The summed E-state index contributed by atoms with van der Waals surface area (Å²) in [5.41, 5.74) is 0. The van der Waals surface area contributed by atoms with Crippen molar-refractivity contribution in [2.75, 3.05) is 6.61 Å². The summed E-state index contributed by atoms with van der Waals surface area (Å²) in [6, 6.07) is 0. The number of rotatable bonds is 1. The van der Waals surface area contributed by atoms with Crippen molar-refractivity contribution in [2.45, 2.75) is 0 Å². The van der Waals surface area contributed by atoms with Gasteiger partial charge in [0.05, 0.1) is 0 Å². The van der Waals surface area contributed by atoms with Gasteiger partial charge in [-0.25, -0.2) is 6.19 Å². The van der Waals surface area contributed by atoms with Crippen LogP contribution in [0.15, 0.2) is 0 Å². The van der Waals surface area contributed by atoms with Gasteiger partial charge in [0.15, 0.2) is 0 Å². The quantitative estimate of drug-likeness (QED) is 0.566. The minimum atomic E-state index is -0.806. The molecule has 0 amide bonds. The fraction of sp³-hybridized carbons (Fsp3) is 0.500. The molecule has 0 aromatic heterocycles. The van der Waals surface area contributed by atoms with Crippen molar-refractivity contribution in [3.8, 4) is 0 Å². The van der Waals surface area contributed by atoms with Gasteiger partial charge in [0, 0.05) is 1.37 Å². The molecular formula is C2H3MtNO-2. The maximum absolute atomic E-state index is 9.16. The number of nitrogens with zero attached hydrogens (tertiary/aromatic N) is 1. The van der Waals surface area contributed by atoms with E-state index < -0.39 is 12.8 Å². The summed E-state index contributed by atoms with van der Waals surface area (Å²) in [7, 11) is 0. The van der Waals surface area contributed by atoms with Gasteiger partial charge in [0.25, 0.3) is 0 Å². The van der Waals surface area contributed by atoms with Crippen molar-refractivity contribution >= 4 is 6.19 Å². The molecule has 0 atom stereocenters. The van der Waals surface area contributed by atoms with E-state index in [2.05, 4.69) is 0 Å². The van der Waals surface area contributed by atoms with Crippen LogP contribution in [0.3, 0.4) is 0 Å². The summed E-state index contributed by atoms with van der Waals surface area (Å²) in [6.45, 7) is -0.806. The standard InChI is InChI=1S/C2H3NO.Mt/c3-1-2-4;/h1H,2H2;/q-2;/i1T;. The summed E-state index contributed by atoms with van der Waals surface area (Å²) in [5, 5.41) is 16.8. The van der Waals surface area contributed by atoms with Gasteiger partial charge in [-0.05, 0) is 0 Å². The Morgan fingerprint density at radius 1 is 2.20 bits per heavy atom. The van der Waals surface area contributed by atoms with Gasteiger partial charge in [-0.15, -0.1) is 6.61 Å². The van der Waals surface area contributed by atoms with Crippen LogP contribution in [-0.2, 0) is 0 Å². The monoisotopic (exact) mass is 337 g/mol. The molecule has 3 heteroatoms. The third-order valence-electron chi connectivity index (χ3n) is 0.0645. The minimum absolute atomic E-state index is 0. The van der Waals surface area contributed by atoms with Crippen molar-refractivity contribution in [3.63, 3.8) is 0 Å². The van der Waals surface area contributed by atoms with Gasteiger partial charge >= 0.3 is 0 Å². The molecule has 0 saturated carbocycles. The Kier molecular flexibility index (Phi) is 12.8. The second-order valence-electron chi connectivity index (χ2n) is 0.302. The van der Waals surface area contributed by atoms with E-state index in [9.17, 15) is 0 Å². The molecule has 0 rings (SSSR count). The average molecular weight is 337 g/mol. The molecule has 0 N–H and O–H groups in total. The van der Waals surface area contributed by atoms with Crippen LogP contribution in [0, 0.1) is 0 Å². The molecule has 0 radical (unpaired) electrons. The average Bonchev–Trinajstić information content (AvgIpc) is 1.38. The predicted molar refractivity (Wildman–Crippen MR) is 14.3 cm³/mol. The van der Waals surface area contributed by atoms with Gasteiger partial charge in [-0.3, -0.25) is 0 Å². The fourth-order valence-corrected chi connectivity index (χ4v) is 0. The largest absolute Gasteiger partial charge is 0.853 e. The van der Waals surface area contributed by atoms with Crippen LogP contribution in [0.2, 0.25) is 0 Å². The molecule has 2 nitrogen and oxygen atoms in total. The van der Waals surface area contributed by atoms with Crippen LogP contribution in [0.1, 0.15) is 1.37 Å². The Balaban J connectivity index is 0. The van der Waals surface area contributed by atoms with Crippen LogP contribution in [0.5, 0.6) is 0 Å². The molecule has 0 saturated heterocycles. The maximum atomic E-state index is 9.16. The van der Waals surface area contributed by atoms with E-state index in [1.54, 1.807) is 0 Å². The van der Waals surface area contributed by atoms with Crippen LogP contribution < -0.4 is 5.11 Å². The number of hydrogen-bond acceptors (Lipinski definition) is 1. The Hall–Kier alpha value is -1.37. The second kappa shape index (κ2) is 17.6. The normalized spacial score (nSPS) is 7.80. The first-order valence-corrected chi connectivity index (χ1v) is 0.866. The van der Waals surface area contributed by atoms with Crippen molar-refractivity contribution in [2.24, 2.45) is 0 Å². The Bertz CT molecular complexity index is 48.8. The number of hydrogen-bond donors (Lipinski definition) is 0. The molecule has 0 heterocycles. The predicted octanol–water partition coefficient (Wildman–Crippen LogP) is -1.01. The van der Waals surface area contributed by atoms with E-state index in [1.165, 1.54) is 0 Å². The van der Waals surface area contributed by atoms with Crippen LogP contribution in [0.4, 0.5) is 0 Å². The molecule has 0 unspecified atom stereocenters. The first-order valence-electron chi connectivity index (χ1n) is 1.37. The maximum Gasteiger partial charge on any atom is 0.0287 e. The van der Waals surface area contributed by atoms with Gasteiger partial charge in [0.2, 0.25) is 0 Å². The summed E-state index contributed by atoms with van der Waals surface area (Å²) < 4.78 is 5.99. The van der Waals surface area contributed by atoms with Crippen LogP contribution in [-0.4, -0.2) is 12.8 Å². The zero-order valence-corrected chi connectivity index (χ0v) is 9.34. The van der Waals surface area contributed by atoms with Gasteiger partial charge in [0.1, 0.15) is 0 Å². The topological polar surface area (TPSA) is 45.4 Å². The van der Waals surface area contributed by atoms with Crippen molar-refractivity contribution in [3.05, 3.63) is 5.41 Å². The molecule has 0 aliphatic carbocycles. The summed E-state index contributed by atoms with van der Waals surface area (Å²) >= 11 is 0. The fourth-order valence-electron chi connectivity index (χ4n) is 0. The van der Waals surface area contributed by atoms with E-state index >= 15 is 0 Å². The molecular weight excluding hydrogens is 332 g/mol. The van der Waals surface area contributed by atoms with Crippen LogP contribution >= 0.6 is 0 Å². The molecule has 0 aromatic rings. The van der Waals surface area contributed by atoms with E-state index in [4.69, 9.17) is 11.9 Å². The molecule has 0 fully saturated rings. The first-order chi connectivity index (χ1) is 2.27. The second-order valence-corrected chi connectivity index (χ2v) is 0.302. The van der Waals surface area contributed by atoms with Crippen LogP contribution in [0.25, 0.3) is 5.41 Å². The molecule has 0 spiro atoms. The summed E-state index contributed by atoms with van der Waals surface area (Å²) in [6.07, 6.45) is -0.801. The van der Waals surface area contributed by atoms with Gasteiger partial charge in [-0.1, -0.05) is 0 Å². The third kappa shape index (κ3) is 7.62. The molecule has 26 valence electrons. The zero-order valence-electron chi connectivity index (χ0n) is 3.77. The first kappa shape index (κ1) is 3.63. The van der Waals surface area contributed by atoms with E-state index in [-0.39, 0.29) is 0 Å². The smallest absolute Gasteiger partial charge is 0.0287 e. The van der Waals surface area contributed by atoms with E-state index in [0.29, 0.717) is 0 Å². The Morgan fingerprint density at radius 2 is 2.40 bits per heavy atom. The summed E-state index contributed by atoms with van der Waals surface area (Å²) in [5.74, 6) is 0. The molecule has 0 aromatic carbocycles. The Morgan fingerprint density at radius 3 is 2.40 bits per heavy atom. The third-order valence-corrected chi connectivity index (χ3v) is 0.0645. The van der Waals surface area contributed by atoms with Crippen molar-refractivity contribution in [1.29, 1.82) is 0 Å².